The fourth-order valence-corrected chi connectivity index (χ4v) is 4.35. The number of methoxy groups -OCH3 is 2. The zero-order chi connectivity index (χ0) is 21.9. The second-order valence-electron chi connectivity index (χ2n) is 9.06. The highest BCUT2D eigenvalue weighted by molar-refractivity contribution is 5.81. The van der Waals surface area contributed by atoms with Gasteiger partial charge in [-0.3, -0.25) is 4.79 Å². The molecule has 0 radical (unpaired) electrons. The van der Waals surface area contributed by atoms with Crippen molar-refractivity contribution in [2.45, 2.75) is 58.1 Å². The third kappa shape index (κ3) is 4.99. The molecule has 0 aromatic heterocycles. The fraction of sp³-hybridized carbons (Fsp3) is 0.652. The number of amides is 2. The van der Waals surface area contributed by atoms with Gasteiger partial charge >= 0.3 is 6.09 Å². The molecule has 0 bridgehead atoms. The van der Waals surface area contributed by atoms with Crippen molar-refractivity contribution in [3.63, 3.8) is 0 Å². The number of rotatable bonds is 4. The van der Waals surface area contributed by atoms with E-state index in [-0.39, 0.29) is 24.0 Å². The van der Waals surface area contributed by atoms with Crippen molar-refractivity contribution in [3.8, 4) is 11.5 Å². The molecule has 2 saturated heterocycles. The summed E-state index contributed by atoms with van der Waals surface area (Å²) in [6, 6.07) is 5.74. The average Bonchev–Trinajstić information content (AvgIpc) is 3.21. The van der Waals surface area contributed by atoms with Crippen LogP contribution in [0, 0.1) is 5.92 Å². The lowest BCUT2D eigenvalue weighted by Gasteiger charge is -2.36. The quantitative estimate of drug-likeness (QED) is 0.739. The van der Waals surface area contributed by atoms with Gasteiger partial charge in [0.2, 0.25) is 5.91 Å². The van der Waals surface area contributed by atoms with E-state index >= 15 is 0 Å². The van der Waals surface area contributed by atoms with E-state index in [2.05, 4.69) is 0 Å². The van der Waals surface area contributed by atoms with Crippen molar-refractivity contribution in [2.24, 2.45) is 5.92 Å². The largest absolute Gasteiger partial charge is 0.497 e. The van der Waals surface area contributed by atoms with Crippen molar-refractivity contribution in [2.75, 3.05) is 33.9 Å². The van der Waals surface area contributed by atoms with E-state index in [1.165, 1.54) is 0 Å². The van der Waals surface area contributed by atoms with E-state index in [4.69, 9.17) is 14.2 Å². The Labute approximate surface area is 179 Å². The second-order valence-corrected chi connectivity index (χ2v) is 9.06. The lowest BCUT2D eigenvalue weighted by Crippen LogP contribution is -2.47. The van der Waals surface area contributed by atoms with Crippen LogP contribution in [0.1, 0.15) is 58.1 Å². The molecule has 166 valence electrons. The third-order valence-electron chi connectivity index (χ3n) is 5.76. The highest BCUT2D eigenvalue weighted by atomic mass is 16.6. The molecule has 30 heavy (non-hydrogen) atoms. The van der Waals surface area contributed by atoms with E-state index in [9.17, 15) is 9.59 Å². The number of ether oxygens (including phenoxy) is 3. The lowest BCUT2D eigenvalue weighted by atomic mass is 9.95. The minimum absolute atomic E-state index is 0.0183. The van der Waals surface area contributed by atoms with Crippen molar-refractivity contribution >= 4 is 12.0 Å². The Morgan fingerprint density at radius 3 is 2.43 bits per heavy atom. The molecule has 0 unspecified atom stereocenters. The molecular formula is C23H34N2O5. The minimum atomic E-state index is -0.543. The molecule has 0 aliphatic carbocycles. The van der Waals surface area contributed by atoms with Crippen LogP contribution in [0.4, 0.5) is 4.79 Å². The van der Waals surface area contributed by atoms with Crippen LogP contribution in [0.15, 0.2) is 18.2 Å². The normalized spacial score (nSPS) is 22.0. The van der Waals surface area contributed by atoms with Crippen molar-refractivity contribution in [1.82, 2.24) is 9.80 Å². The number of hydrogen-bond donors (Lipinski definition) is 0. The molecule has 2 atom stereocenters. The molecule has 2 aliphatic rings. The zero-order valence-electron chi connectivity index (χ0n) is 18.8. The molecular weight excluding hydrogens is 384 g/mol. The minimum Gasteiger partial charge on any atom is -0.497 e. The smallest absolute Gasteiger partial charge is 0.410 e. The highest BCUT2D eigenvalue weighted by Crippen LogP contribution is 2.40. The maximum atomic E-state index is 13.4. The van der Waals surface area contributed by atoms with E-state index in [0.29, 0.717) is 13.1 Å². The van der Waals surface area contributed by atoms with Crippen molar-refractivity contribution in [3.05, 3.63) is 23.8 Å². The number of piperidine rings is 1. The summed E-state index contributed by atoms with van der Waals surface area (Å²) in [7, 11) is 3.26. The Morgan fingerprint density at radius 1 is 1.03 bits per heavy atom. The molecule has 0 saturated carbocycles. The van der Waals surface area contributed by atoms with E-state index in [0.717, 1.165) is 49.3 Å². The third-order valence-corrected chi connectivity index (χ3v) is 5.76. The van der Waals surface area contributed by atoms with Crippen LogP contribution < -0.4 is 9.47 Å². The summed E-state index contributed by atoms with van der Waals surface area (Å²) in [5.74, 6) is 1.38. The Hall–Kier alpha value is -2.44. The number of benzene rings is 1. The highest BCUT2D eigenvalue weighted by Gasteiger charge is 2.38. The number of carbonyl (C=O) groups excluding carboxylic acids is 2. The van der Waals surface area contributed by atoms with Gasteiger partial charge in [0.1, 0.15) is 17.1 Å². The maximum Gasteiger partial charge on any atom is 0.410 e. The molecule has 3 rings (SSSR count). The molecule has 7 heteroatoms. The summed E-state index contributed by atoms with van der Waals surface area (Å²) in [4.78, 5) is 29.6. The molecule has 7 nitrogen and oxygen atoms in total. The van der Waals surface area contributed by atoms with Crippen molar-refractivity contribution in [1.29, 1.82) is 0 Å². The fourth-order valence-electron chi connectivity index (χ4n) is 4.35. The van der Waals surface area contributed by atoms with Crippen LogP contribution in [0.2, 0.25) is 0 Å². The molecule has 1 aromatic carbocycles. The van der Waals surface area contributed by atoms with Crippen LogP contribution >= 0.6 is 0 Å². The first-order valence-electron chi connectivity index (χ1n) is 10.7. The van der Waals surface area contributed by atoms with Gasteiger partial charge in [-0.25, -0.2) is 4.79 Å². The lowest BCUT2D eigenvalue weighted by molar-refractivity contribution is -0.138. The molecule has 0 spiro atoms. The molecule has 0 N–H and O–H groups in total. The van der Waals surface area contributed by atoms with Gasteiger partial charge in [0, 0.05) is 31.3 Å². The second kappa shape index (κ2) is 9.14. The summed E-state index contributed by atoms with van der Waals surface area (Å²) < 4.78 is 16.4. The van der Waals surface area contributed by atoms with Crippen LogP contribution in [0.3, 0.4) is 0 Å². The summed E-state index contributed by atoms with van der Waals surface area (Å²) >= 11 is 0. The number of likely N-dealkylation sites (tertiary alicyclic amines) is 2. The van der Waals surface area contributed by atoms with E-state index < -0.39 is 5.60 Å². The van der Waals surface area contributed by atoms with Crippen molar-refractivity contribution < 1.29 is 23.8 Å². The first-order chi connectivity index (χ1) is 14.2. The van der Waals surface area contributed by atoms with Crippen LogP contribution in [-0.2, 0) is 9.53 Å². The topological polar surface area (TPSA) is 68.3 Å². The molecule has 1 aromatic rings. The zero-order valence-corrected chi connectivity index (χ0v) is 18.8. The standard InChI is InChI=1S/C23H34N2O5/c1-23(2,3)30-22(27)24-12-6-8-16(15-24)21(26)25-13-7-9-19(25)18-11-10-17(28-4)14-20(18)29-5/h10-11,14,16,19H,6-9,12-13,15H2,1-5H3/t16-,19-/m0/s1. The van der Waals surface area contributed by atoms with Gasteiger partial charge in [0.05, 0.1) is 26.2 Å². The van der Waals surface area contributed by atoms with E-state index in [1.54, 1.807) is 19.1 Å². The Bertz CT molecular complexity index is 773. The van der Waals surface area contributed by atoms with E-state index in [1.807, 2.05) is 43.9 Å². The van der Waals surface area contributed by atoms with Gasteiger partial charge in [0.25, 0.3) is 0 Å². The first-order valence-corrected chi connectivity index (χ1v) is 10.7. The van der Waals surface area contributed by atoms with Gasteiger partial charge in [-0.1, -0.05) is 0 Å². The Balaban J connectivity index is 1.73. The predicted octanol–water partition coefficient (Wildman–Crippen LogP) is 4.01. The number of nitrogens with zero attached hydrogens (tertiary/aromatic N) is 2. The number of hydrogen-bond acceptors (Lipinski definition) is 5. The van der Waals surface area contributed by atoms with Gasteiger partial charge in [-0.2, -0.15) is 0 Å². The molecule has 2 fully saturated rings. The number of carbonyl (C=O) groups is 2. The van der Waals surface area contributed by atoms with Gasteiger partial charge in [-0.15, -0.1) is 0 Å². The monoisotopic (exact) mass is 418 g/mol. The SMILES string of the molecule is COc1ccc([C@@H]2CCCN2C(=O)[C@H]2CCCN(C(=O)OC(C)(C)C)C2)c(OC)c1. The summed E-state index contributed by atoms with van der Waals surface area (Å²) in [6.07, 6.45) is 3.11. The molecule has 2 amide bonds. The van der Waals surface area contributed by atoms with Gasteiger partial charge in [-0.05, 0) is 58.6 Å². The van der Waals surface area contributed by atoms with Crippen LogP contribution in [0.25, 0.3) is 0 Å². The summed E-state index contributed by atoms with van der Waals surface area (Å²) in [5, 5.41) is 0. The van der Waals surface area contributed by atoms with Gasteiger partial charge in [0.15, 0.2) is 0 Å². The predicted molar refractivity (Wildman–Crippen MR) is 114 cm³/mol. The Kier molecular flexibility index (Phi) is 6.78. The molecule has 2 heterocycles. The molecule has 2 aliphatic heterocycles. The van der Waals surface area contributed by atoms with Gasteiger partial charge < -0.3 is 24.0 Å². The summed E-state index contributed by atoms with van der Waals surface area (Å²) in [6.45, 7) is 7.34. The van der Waals surface area contributed by atoms with Crippen LogP contribution in [0.5, 0.6) is 11.5 Å². The average molecular weight is 419 g/mol. The first kappa shape index (κ1) is 22.2. The summed E-state index contributed by atoms with van der Waals surface area (Å²) in [5.41, 5.74) is 0.461. The maximum absolute atomic E-state index is 13.4. The Morgan fingerprint density at radius 2 is 1.77 bits per heavy atom. The van der Waals surface area contributed by atoms with Crippen LogP contribution in [-0.4, -0.2) is 61.3 Å².